The van der Waals surface area contributed by atoms with Crippen molar-refractivity contribution >= 4 is 11.9 Å². The number of carboxylic acids is 1. The van der Waals surface area contributed by atoms with E-state index in [1.807, 2.05) is 0 Å². The zero-order chi connectivity index (χ0) is 31.7. The summed E-state index contributed by atoms with van der Waals surface area (Å²) in [6.45, 7) is -0.735. The van der Waals surface area contributed by atoms with Crippen LogP contribution < -0.4 is 14.2 Å². The lowest BCUT2D eigenvalue weighted by molar-refractivity contribution is -0.277. The summed E-state index contributed by atoms with van der Waals surface area (Å²) in [6, 6.07) is 6.15. The van der Waals surface area contributed by atoms with E-state index in [0.717, 1.165) is 0 Å². The minimum Gasteiger partial charge on any atom is -0.504 e. The SMILES string of the molecule is COc1cc(CCC(=O)OCCCO)cc(-c2cc(CCC(=O)O)cc(OC)c2O[C@@H]2O[C@H](CO)[C@@H](O)[C@H](O)[C@H]2O)c1O. The fourth-order valence-electron chi connectivity index (χ4n) is 4.55. The van der Waals surface area contributed by atoms with Gasteiger partial charge in [0.25, 0.3) is 0 Å². The van der Waals surface area contributed by atoms with Gasteiger partial charge in [-0.05, 0) is 48.2 Å². The van der Waals surface area contributed by atoms with Crippen LogP contribution >= 0.6 is 0 Å². The van der Waals surface area contributed by atoms with Crippen molar-refractivity contribution < 1.29 is 69.0 Å². The van der Waals surface area contributed by atoms with Crippen molar-refractivity contribution in [2.75, 3.05) is 34.0 Å². The van der Waals surface area contributed by atoms with Crippen molar-refractivity contribution in [3.8, 4) is 34.1 Å². The van der Waals surface area contributed by atoms with Gasteiger partial charge in [-0.25, -0.2) is 0 Å². The molecule has 2 aromatic rings. The second-order valence-electron chi connectivity index (χ2n) is 9.88. The fraction of sp³-hybridized carbons (Fsp3) is 0.517. The summed E-state index contributed by atoms with van der Waals surface area (Å²) in [5, 5.41) is 70.0. The Morgan fingerprint density at radius 1 is 0.860 bits per heavy atom. The van der Waals surface area contributed by atoms with Gasteiger partial charge >= 0.3 is 11.9 Å². The van der Waals surface area contributed by atoms with E-state index < -0.39 is 49.3 Å². The average molecular weight is 611 g/mol. The molecule has 0 bridgehead atoms. The molecule has 3 rings (SSSR count). The van der Waals surface area contributed by atoms with Crippen LogP contribution in [0.5, 0.6) is 23.0 Å². The number of ether oxygens (including phenoxy) is 5. The minimum absolute atomic E-state index is 0.0189. The summed E-state index contributed by atoms with van der Waals surface area (Å²) in [6.07, 6.45) is -7.65. The van der Waals surface area contributed by atoms with Gasteiger partial charge in [0.2, 0.25) is 6.29 Å². The highest BCUT2D eigenvalue weighted by Gasteiger charge is 2.45. The molecule has 5 atom stereocenters. The van der Waals surface area contributed by atoms with E-state index in [1.165, 1.54) is 26.4 Å². The smallest absolute Gasteiger partial charge is 0.306 e. The van der Waals surface area contributed by atoms with Gasteiger partial charge in [0.1, 0.15) is 24.4 Å². The van der Waals surface area contributed by atoms with Gasteiger partial charge in [-0.2, -0.15) is 0 Å². The number of phenolic OH excluding ortho intramolecular Hbond substituents is 1. The molecule has 1 aliphatic rings. The third-order valence-corrected chi connectivity index (χ3v) is 6.87. The number of aliphatic carboxylic acids is 1. The number of hydrogen-bond donors (Lipinski definition) is 7. The Labute approximate surface area is 247 Å². The molecule has 0 amide bonds. The molecule has 2 aromatic carbocycles. The van der Waals surface area contributed by atoms with E-state index in [9.17, 15) is 40.2 Å². The Hall–Kier alpha value is -3.66. The van der Waals surface area contributed by atoms with Crippen LogP contribution in [-0.2, 0) is 31.9 Å². The van der Waals surface area contributed by atoms with Crippen molar-refractivity contribution in [2.24, 2.45) is 0 Å². The van der Waals surface area contributed by atoms with Gasteiger partial charge in [-0.15, -0.1) is 0 Å². The predicted octanol–water partition coefficient (Wildman–Crippen LogP) is 0.130. The predicted molar refractivity (Wildman–Crippen MR) is 148 cm³/mol. The normalized spacial score (nSPS) is 21.7. The lowest BCUT2D eigenvalue weighted by Gasteiger charge is -2.40. The van der Waals surface area contributed by atoms with Crippen molar-refractivity contribution in [3.63, 3.8) is 0 Å². The van der Waals surface area contributed by atoms with Crippen LogP contribution in [0.2, 0.25) is 0 Å². The molecule has 43 heavy (non-hydrogen) atoms. The maximum absolute atomic E-state index is 12.2. The van der Waals surface area contributed by atoms with Crippen LogP contribution in [0.3, 0.4) is 0 Å². The van der Waals surface area contributed by atoms with Crippen molar-refractivity contribution in [3.05, 3.63) is 35.4 Å². The van der Waals surface area contributed by atoms with Crippen LogP contribution in [0.25, 0.3) is 11.1 Å². The molecule has 0 aromatic heterocycles. The molecule has 0 spiro atoms. The molecule has 0 radical (unpaired) electrons. The van der Waals surface area contributed by atoms with Gasteiger partial charge in [0.05, 0.1) is 27.4 Å². The van der Waals surface area contributed by atoms with E-state index in [4.69, 9.17) is 28.8 Å². The standard InChI is InChI=1S/C29H38O14/c1-39-19-12-16(5-7-23(34)41-9-3-8-30)10-17(24(19)35)18-11-15(4-6-22(32)33)13-20(40-2)28(18)43-29-27(38)26(37)25(36)21(14-31)42-29/h10-13,21,25-27,29-31,35-38H,3-9,14H2,1-2H3,(H,32,33)/t21-,25-,26+,27-,29+/m1/s1. The number of carbonyl (C=O) groups excluding carboxylic acids is 1. The van der Waals surface area contributed by atoms with Gasteiger partial charge in [0, 0.05) is 37.0 Å². The Morgan fingerprint density at radius 2 is 1.49 bits per heavy atom. The molecule has 0 unspecified atom stereocenters. The highest BCUT2D eigenvalue weighted by molar-refractivity contribution is 5.82. The number of rotatable bonds is 15. The first kappa shape index (κ1) is 33.8. The molecule has 1 saturated heterocycles. The van der Waals surface area contributed by atoms with Crippen LogP contribution in [0.1, 0.15) is 30.4 Å². The number of aryl methyl sites for hydroxylation is 2. The molecular formula is C29H38O14. The highest BCUT2D eigenvalue weighted by atomic mass is 16.7. The van der Waals surface area contributed by atoms with Gasteiger partial charge in [-0.1, -0.05) is 0 Å². The molecule has 1 fully saturated rings. The largest absolute Gasteiger partial charge is 0.504 e. The molecule has 7 N–H and O–H groups in total. The van der Waals surface area contributed by atoms with Gasteiger partial charge in [-0.3, -0.25) is 9.59 Å². The molecule has 1 heterocycles. The number of aliphatic hydroxyl groups excluding tert-OH is 5. The summed E-state index contributed by atoms with van der Waals surface area (Å²) < 4.78 is 27.5. The zero-order valence-corrected chi connectivity index (χ0v) is 23.8. The van der Waals surface area contributed by atoms with E-state index in [2.05, 4.69) is 0 Å². The Bertz CT molecular complexity index is 1250. The van der Waals surface area contributed by atoms with E-state index >= 15 is 0 Å². The molecule has 0 saturated carbocycles. The van der Waals surface area contributed by atoms with Gasteiger partial charge in [0.15, 0.2) is 23.0 Å². The molecule has 1 aliphatic heterocycles. The number of benzene rings is 2. The lowest BCUT2D eigenvalue weighted by atomic mass is 9.95. The van der Waals surface area contributed by atoms with Crippen LogP contribution in [0.15, 0.2) is 24.3 Å². The summed E-state index contributed by atoms with van der Waals surface area (Å²) in [7, 11) is 2.65. The van der Waals surface area contributed by atoms with Crippen LogP contribution in [-0.4, -0.2) is 112 Å². The summed E-state index contributed by atoms with van der Waals surface area (Å²) in [5.41, 5.74) is 1.35. The van der Waals surface area contributed by atoms with Crippen LogP contribution in [0, 0.1) is 0 Å². The van der Waals surface area contributed by atoms with E-state index in [0.29, 0.717) is 17.5 Å². The van der Waals surface area contributed by atoms with Crippen LogP contribution in [0.4, 0.5) is 0 Å². The maximum atomic E-state index is 12.2. The second kappa shape index (κ2) is 15.7. The number of phenols is 1. The highest BCUT2D eigenvalue weighted by Crippen LogP contribution is 2.47. The fourth-order valence-corrected chi connectivity index (χ4v) is 4.55. The Balaban J connectivity index is 2.10. The average Bonchev–Trinajstić information content (AvgIpc) is 2.99. The van der Waals surface area contributed by atoms with Gasteiger partial charge < -0.3 is 59.4 Å². The zero-order valence-electron chi connectivity index (χ0n) is 23.8. The number of aliphatic hydroxyl groups is 5. The topological polar surface area (TPSA) is 222 Å². The molecule has 238 valence electrons. The number of methoxy groups -OCH3 is 2. The first-order valence-corrected chi connectivity index (χ1v) is 13.6. The third kappa shape index (κ3) is 8.46. The summed E-state index contributed by atoms with van der Waals surface area (Å²) >= 11 is 0. The third-order valence-electron chi connectivity index (χ3n) is 6.87. The molecule has 0 aliphatic carbocycles. The molecule has 14 nitrogen and oxygen atoms in total. The number of carbonyl (C=O) groups is 2. The molecule has 14 heteroatoms. The van der Waals surface area contributed by atoms with E-state index in [-0.39, 0.29) is 73.0 Å². The number of hydrogen-bond acceptors (Lipinski definition) is 13. The van der Waals surface area contributed by atoms with E-state index in [1.54, 1.807) is 12.1 Å². The first-order valence-electron chi connectivity index (χ1n) is 13.6. The number of aromatic hydroxyl groups is 1. The van der Waals surface area contributed by atoms with Crippen molar-refractivity contribution in [1.29, 1.82) is 0 Å². The Morgan fingerprint density at radius 3 is 2.09 bits per heavy atom. The maximum Gasteiger partial charge on any atom is 0.306 e. The van der Waals surface area contributed by atoms with Crippen molar-refractivity contribution in [1.82, 2.24) is 0 Å². The lowest BCUT2D eigenvalue weighted by Crippen LogP contribution is -2.60. The number of carboxylic acid groups (broad SMARTS) is 1. The first-order chi connectivity index (χ1) is 20.5. The number of esters is 1. The second-order valence-corrected chi connectivity index (χ2v) is 9.88. The molecular weight excluding hydrogens is 572 g/mol. The summed E-state index contributed by atoms with van der Waals surface area (Å²) in [4.78, 5) is 23.5. The summed E-state index contributed by atoms with van der Waals surface area (Å²) in [5.74, 6) is -1.83. The monoisotopic (exact) mass is 610 g/mol. The minimum atomic E-state index is -1.76. The Kier molecular flexibility index (Phi) is 12.4. The quantitative estimate of drug-likeness (QED) is 0.105. The van der Waals surface area contributed by atoms with Crippen molar-refractivity contribution in [2.45, 2.75) is 62.8 Å².